The lowest BCUT2D eigenvalue weighted by Gasteiger charge is -2.24. The molecule has 4 N–H and O–H groups in total. The molecule has 3 amide bonds. The molecular formula is C22H30N6O3. The highest BCUT2D eigenvalue weighted by molar-refractivity contribution is 5.97. The molecule has 1 aliphatic heterocycles. The fourth-order valence-electron chi connectivity index (χ4n) is 3.84. The molecule has 9 nitrogen and oxygen atoms in total. The molecule has 0 aliphatic carbocycles. The van der Waals surface area contributed by atoms with Crippen LogP contribution in [0, 0.1) is 11.8 Å². The standard InChI is InChI=1S/C22H30N6O3/c1-13(2)10-18(28-22(31)19-26-16-6-4-5-7-17(16)27-19)21(30)25-15(12-23-3)11-14-8-9-24-20(14)29/h4-7,13-15,18H,3,8-12H2,1-2H3,(H,24,29)(H,25,30)(H,26,27)(H,28,31)/t14-,15-,18-/m0/s1. The molecule has 1 fully saturated rings. The van der Waals surface area contributed by atoms with Gasteiger partial charge in [-0.3, -0.25) is 19.4 Å². The van der Waals surface area contributed by atoms with Crippen LogP contribution in [0.5, 0.6) is 0 Å². The lowest BCUT2D eigenvalue weighted by atomic mass is 9.97. The molecule has 3 rings (SSSR count). The predicted molar refractivity (Wildman–Crippen MR) is 119 cm³/mol. The molecule has 3 atom stereocenters. The minimum absolute atomic E-state index is 0.000213. The van der Waals surface area contributed by atoms with E-state index in [1.54, 1.807) is 0 Å². The van der Waals surface area contributed by atoms with Crippen LogP contribution in [0.1, 0.15) is 43.7 Å². The van der Waals surface area contributed by atoms with Crippen LogP contribution < -0.4 is 16.0 Å². The van der Waals surface area contributed by atoms with Gasteiger partial charge in [-0.2, -0.15) is 0 Å². The number of benzene rings is 1. The lowest BCUT2D eigenvalue weighted by Crippen LogP contribution is -2.51. The number of amides is 3. The summed E-state index contributed by atoms with van der Waals surface area (Å²) in [6.45, 7) is 8.45. The van der Waals surface area contributed by atoms with Gasteiger partial charge in [0, 0.05) is 18.5 Å². The van der Waals surface area contributed by atoms with Crippen molar-refractivity contribution in [3.05, 3.63) is 30.1 Å². The number of aliphatic imine (C=N–C) groups is 1. The zero-order chi connectivity index (χ0) is 22.4. The van der Waals surface area contributed by atoms with Crippen LogP contribution in [0.15, 0.2) is 29.3 Å². The summed E-state index contributed by atoms with van der Waals surface area (Å²) < 4.78 is 0. The van der Waals surface area contributed by atoms with Crippen molar-refractivity contribution in [3.8, 4) is 0 Å². The van der Waals surface area contributed by atoms with E-state index in [1.807, 2.05) is 38.1 Å². The number of nitrogens with one attached hydrogen (secondary N) is 4. The summed E-state index contributed by atoms with van der Waals surface area (Å²) in [5.74, 6) is -0.547. The van der Waals surface area contributed by atoms with E-state index in [4.69, 9.17) is 0 Å². The Balaban J connectivity index is 1.68. The van der Waals surface area contributed by atoms with Gasteiger partial charge in [0.15, 0.2) is 5.82 Å². The Morgan fingerprint density at radius 1 is 1.29 bits per heavy atom. The number of para-hydroxylation sites is 2. The highest BCUT2D eigenvalue weighted by Gasteiger charge is 2.30. The van der Waals surface area contributed by atoms with Crippen LogP contribution in [-0.2, 0) is 9.59 Å². The number of aromatic nitrogens is 2. The molecular weight excluding hydrogens is 396 g/mol. The van der Waals surface area contributed by atoms with Gasteiger partial charge < -0.3 is 20.9 Å². The zero-order valence-electron chi connectivity index (χ0n) is 18.0. The van der Waals surface area contributed by atoms with E-state index in [0.717, 1.165) is 11.9 Å². The van der Waals surface area contributed by atoms with Gasteiger partial charge in [-0.1, -0.05) is 26.0 Å². The third-order valence-corrected chi connectivity index (χ3v) is 5.36. The quantitative estimate of drug-likeness (QED) is 0.428. The second kappa shape index (κ2) is 10.2. The minimum atomic E-state index is -0.731. The molecule has 0 spiro atoms. The van der Waals surface area contributed by atoms with E-state index in [1.165, 1.54) is 0 Å². The molecule has 31 heavy (non-hydrogen) atoms. The summed E-state index contributed by atoms with van der Waals surface area (Å²) in [7, 11) is 0. The maximum atomic E-state index is 13.0. The zero-order valence-corrected chi connectivity index (χ0v) is 18.0. The van der Waals surface area contributed by atoms with Crippen LogP contribution in [-0.4, -0.2) is 59.6 Å². The van der Waals surface area contributed by atoms with Crippen molar-refractivity contribution in [2.24, 2.45) is 16.8 Å². The Labute approximate surface area is 181 Å². The number of carbonyl (C=O) groups excluding carboxylic acids is 3. The van der Waals surface area contributed by atoms with Crippen molar-refractivity contribution in [1.82, 2.24) is 25.9 Å². The second-order valence-corrected chi connectivity index (χ2v) is 8.38. The first-order valence-corrected chi connectivity index (χ1v) is 10.6. The highest BCUT2D eigenvalue weighted by atomic mass is 16.2. The third kappa shape index (κ3) is 5.90. The molecule has 1 saturated heterocycles. The molecule has 0 unspecified atom stereocenters. The number of hydrogen-bond acceptors (Lipinski definition) is 5. The SMILES string of the molecule is C=NC[C@H](C[C@@H]1CCNC1=O)NC(=O)[C@H](CC(C)C)NC(=O)c1nc2ccccc2[nH]1. The van der Waals surface area contributed by atoms with E-state index in [-0.39, 0.29) is 35.5 Å². The number of aromatic amines is 1. The molecule has 0 saturated carbocycles. The Morgan fingerprint density at radius 3 is 2.71 bits per heavy atom. The highest BCUT2D eigenvalue weighted by Crippen LogP contribution is 2.17. The fraction of sp³-hybridized carbons (Fsp3) is 0.500. The van der Waals surface area contributed by atoms with Crippen molar-refractivity contribution >= 4 is 35.5 Å². The first kappa shape index (κ1) is 22.5. The van der Waals surface area contributed by atoms with Gasteiger partial charge in [-0.05, 0) is 44.0 Å². The number of fused-ring (bicyclic) bond motifs is 1. The molecule has 0 radical (unpaired) electrons. The molecule has 1 aromatic carbocycles. The van der Waals surface area contributed by atoms with Crippen molar-refractivity contribution < 1.29 is 14.4 Å². The van der Waals surface area contributed by atoms with Crippen LogP contribution in [0.3, 0.4) is 0 Å². The van der Waals surface area contributed by atoms with Crippen LogP contribution in [0.25, 0.3) is 11.0 Å². The number of carbonyl (C=O) groups is 3. The summed E-state index contributed by atoms with van der Waals surface area (Å²) in [5.41, 5.74) is 1.44. The van der Waals surface area contributed by atoms with Crippen molar-refractivity contribution in [2.45, 2.75) is 45.2 Å². The van der Waals surface area contributed by atoms with E-state index < -0.39 is 11.9 Å². The average molecular weight is 427 g/mol. The van der Waals surface area contributed by atoms with Gasteiger partial charge >= 0.3 is 0 Å². The Hall–Kier alpha value is -3.23. The maximum absolute atomic E-state index is 13.0. The van der Waals surface area contributed by atoms with Crippen LogP contribution >= 0.6 is 0 Å². The Morgan fingerprint density at radius 2 is 2.06 bits per heavy atom. The average Bonchev–Trinajstić information content (AvgIpc) is 3.33. The topological polar surface area (TPSA) is 128 Å². The number of hydrogen-bond donors (Lipinski definition) is 4. The molecule has 2 aromatic rings. The van der Waals surface area contributed by atoms with Crippen molar-refractivity contribution in [2.75, 3.05) is 13.1 Å². The van der Waals surface area contributed by atoms with Crippen molar-refractivity contribution in [3.63, 3.8) is 0 Å². The largest absolute Gasteiger partial charge is 0.356 e. The second-order valence-electron chi connectivity index (χ2n) is 8.38. The molecule has 1 aromatic heterocycles. The normalized spacial score (nSPS) is 17.9. The first-order chi connectivity index (χ1) is 14.9. The molecule has 9 heteroatoms. The number of rotatable bonds is 10. The molecule has 1 aliphatic rings. The number of imidazole rings is 1. The summed E-state index contributed by atoms with van der Waals surface area (Å²) in [6, 6.07) is 6.30. The first-order valence-electron chi connectivity index (χ1n) is 10.6. The van der Waals surface area contributed by atoms with Gasteiger partial charge in [-0.25, -0.2) is 4.98 Å². The maximum Gasteiger partial charge on any atom is 0.287 e. The van der Waals surface area contributed by atoms with E-state index >= 15 is 0 Å². The van der Waals surface area contributed by atoms with Gasteiger partial charge in [0.25, 0.3) is 5.91 Å². The number of H-pyrrole nitrogens is 1. The predicted octanol–water partition coefficient (Wildman–Crippen LogP) is 1.42. The summed E-state index contributed by atoms with van der Waals surface area (Å²) in [5, 5.41) is 8.57. The Kier molecular flexibility index (Phi) is 7.38. The van der Waals surface area contributed by atoms with E-state index in [0.29, 0.717) is 31.4 Å². The van der Waals surface area contributed by atoms with Gasteiger partial charge in [0.2, 0.25) is 11.8 Å². The van der Waals surface area contributed by atoms with Gasteiger partial charge in [-0.15, -0.1) is 0 Å². The van der Waals surface area contributed by atoms with Gasteiger partial charge in [0.05, 0.1) is 17.6 Å². The molecule has 0 bridgehead atoms. The van der Waals surface area contributed by atoms with Crippen LogP contribution in [0.2, 0.25) is 0 Å². The summed E-state index contributed by atoms with van der Waals surface area (Å²) in [4.78, 5) is 48.9. The monoisotopic (exact) mass is 426 g/mol. The fourth-order valence-corrected chi connectivity index (χ4v) is 3.84. The van der Waals surface area contributed by atoms with Gasteiger partial charge in [0.1, 0.15) is 6.04 Å². The number of nitrogens with zero attached hydrogens (tertiary/aromatic N) is 2. The lowest BCUT2D eigenvalue weighted by molar-refractivity contribution is -0.125. The molecule has 2 heterocycles. The van der Waals surface area contributed by atoms with Crippen LogP contribution in [0.4, 0.5) is 0 Å². The van der Waals surface area contributed by atoms with E-state index in [2.05, 4.69) is 37.6 Å². The summed E-state index contributed by atoms with van der Waals surface area (Å²) >= 11 is 0. The summed E-state index contributed by atoms with van der Waals surface area (Å²) in [6.07, 6.45) is 1.69. The molecule has 166 valence electrons. The van der Waals surface area contributed by atoms with Crippen molar-refractivity contribution in [1.29, 1.82) is 0 Å². The smallest absolute Gasteiger partial charge is 0.287 e. The van der Waals surface area contributed by atoms with E-state index in [9.17, 15) is 14.4 Å². The Bertz CT molecular complexity index is 921. The minimum Gasteiger partial charge on any atom is -0.356 e. The third-order valence-electron chi connectivity index (χ3n) is 5.36.